The molecule has 5 N–H and O–H groups in total. The van der Waals surface area contributed by atoms with E-state index >= 15 is 0 Å². The van der Waals surface area contributed by atoms with Crippen LogP contribution < -0.4 is 11.1 Å². The average Bonchev–Trinajstić information content (AvgIpc) is 2.36. The topological polar surface area (TPSA) is 130 Å². The van der Waals surface area contributed by atoms with Crippen LogP contribution in [0.25, 0.3) is 0 Å². The lowest BCUT2D eigenvalue weighted by atomic mass is 10.1. The van der Waals surface area contributed by atoms with Crippen molar-refractivity contribution < 1.29 is 24.6 Å². The normalized spacial score (nSPS) is 11.6. The number of nitrogens with one attached hydrogen (secondary N) is 1. The number of hydrogen-bond acceptors (Lipinski definition) is 4. The summed E-state index contributed by atoms with van der Waals surface area (Å²) in [7, 11) is 0. The van der Waals surface area contributed by atoms with E-state index in [0.29, 0.717) is 5.69 Å². The highest BCUT2D eigenvalue weighted by atomic mass is 16.4. The Balaban J connectivity index is 2.48. The number of carboxylic acids is 2. The minimum Gasteiger partial charge on any atom is -0.480 e. The van der Waals surface area contributed by atoms with Gasteiger partial charge in [0.1, 0.15) is 6.04 Å². The average molecular weight is 266 g/mol. The van der Waals surface area contributed by atoms with Crippen molar-refractivity contribution in [3.05, 3.63) is 29.8 Å². The van der Waals surface area contributed by atoms with Crippen LogP contribution in [0, 0.1) is 0 Å². The van der Waals surface area contributed by atoms with Gasteiger partial charge < -0.3 is 21.3 Å². The summed E-state index contributed by atoms with van der Waals surface area (Å²) in [5, 5.41) is 19.8. The summed E-state index contributed by atoms with van der Waals surface area (Å²) in [6.45, 7) is 0. The van der Waals surface area contributed by atoms with E-state index in [9.17, 15) is 14.4 Å². The molecule has 0 fully saturated rings. The number of carboxylic acid groups (broad SMARTS) is 2. The first-order chi connectivity index (χ1) is 8.90. The molecule has 0 aliphatic rings. The zero-order valence-electron chi connectivity index (χ0n) is 10.00. The molecule has 0 spiro atoms. The highest BCUT2D eigenvalue weighted by Crippen LogP contribution is 2.10. The molecule has 0 aliphatic heterocycles. The van der Waals surface area contributed by atoms with Crippen LogP contribution in [-0.2, 0) is 9.59 Å². The third kappa shape index (κ3) is 4.76. The number of carbonyl (C=O) groups excluding carboxylic acids is 1. The molecule has 102 valence electrons. The molecular weight excluding hydrogens is 252 g/mol. The summed E-state index contributed by atoms with van der Waals surface area (Å²) in [4.78, 5) is 32.6. The summed E-state index contributed by atoms with van der Waals surface area (Å²) in [6.07, 6.45) is 0.0164. The number of hydrogen-bond donors (Lipinski definition) is 4. The van der Waals surface area contributed by atoms with Crippen LogP contribution in [0.15, 0.2) is 24.3 Å². The number of rotatable bonds is 6. The van der Waals surface area contributed by atoms with E-state index in [-0.39, 0.29) is 24.3 Å². The molecule has 0 saturated carbocycles. The molecule has 19 heavy (non-hydrogen) atoms. The van der Waals surface area contributed by atoms with Crippen molar-refractivity contribution in [2.75, 3.05) is 5.32 Å². The Hall–Kier alpha value is -2.41. The van der Waals surface area contributed by atoms with Gasteiger partial charge in [0.2, 0.25) is 5.91 Å². The van der Waals surface area contributed by atoms with Gasteiger partial charge in [-0.25, -0.2) is 4.79 Å². The predicted octanol–water partition coefficient (Wildman–Crippen LogP) is 0.515. The third-order valence-electron chi connectivity index (χ3n) is 2.42. The minimum absolute atomic E-state index is 0.0197. The minimum atomic E-state index is -1.15. The highest BCUT2D eigenvalue weighted by molar-refractivity contribution is 5.92. The maximum absolute atomic E-state index is 11.5. The van der Waals surface area contributed by atoms with Crippen LogP contribution in [0.3, 0.4) is 0 Å². The van der Waals surface area contributed by atoms with Gasteiger partial charge in [0, 0.05) is 12.1 Å². The van der Waals surface area contributed by atoms with Crippen LogP contribution >= 0.6 is 0 Å². The van der Waals surface area contributed by atoms with Crippen LogP contribution in [0.2, 0.25) is 0 Å². The molecule has 0 aliphatic carbocycles. The molecule has 1 atom stereocenters. The van der Waals surface area contributed by atoms with Crippen LogP contribution in [0.1, 0.15) is 23.2 Å². The molecule has 1 aromatic rings. The first-order valence-corrected chi connectivity index (χ1v) is 5.51. The van der Waals surface area contributed by atoms with E-state index in [1.54, 1.807) is 0 Å². The SMILES string of the molecule is NC(CCC(=O)Nc1ccc(C(=O)O)cc1)C(=O)O. The summed E-state index contributed by atoms with van der Waals surface area (Å²) in [5.74, 6) is -2.58. The molecule has 0 heterocycles. The monoisotopic (exact) mass is 266 g/mol. The smallest absolute Gasteiger partial charge is 0.335 e. The second-order valence-electron chi connectivity index (χ2n) is 3.91. The van der Waals surface area contributed by atoms with Gasteiger partial charge in [-0.15, -0.1) is 0 Å². The fraction of sp³-hybridized carbons (Fsp3) is 0.250. The van der Waals surface area contributed by atoms with Gasteiger partial charge in [-0.3, -0.25) is 9.59 Å². The largest absolute Gasteiger partial charge is 0.480 e. The highest BCUT2D eigenvalue weighted by Gasteiger charge is 2.13. The number of anilines is 1. The van der Waals surface area contributed by atoms with Crippen molar-refractivity contribution in [1.29, 1.82) is 0 Å². The molecule has 1 rings (SSSR count). The second-order valence-corrected chi connectivity index (χ2v) is 3.91. The van der Waals surface area contributed by atoms with E-state index in [1.807, 2.05) is 0 Å². The molecule has 7 heteroatoms. The lowest BCUT2D eigenvalue weighted by molar-refractivity contribution is -0.138. The van der Waals surface area contributed by atoms with Crippen molar-refractivity contribution in [3.63, 3.8) is 0 Å². The Kier molecular flexibility index (Phi) is 5.01. The first-order valence-electron chi connectivity index (χ1n) is 5.51. The van der Waals surface area contributed by atoms with Gasteiger partial charge in [-0.1, -0.05) is 0 Å². The molecular formula is C12H14N2O5. The Morgan fingerprint density at radius 3 is 2.21 bits per heavy atom. The number of carbonyl (C=O) groups is 3. The molecule has 0 bridgehead atoms. The van der Waals surface area contributed by atoms with Gasteiger partial charge in [-0.2, -0.15) is 0 Å². The Bertz CT molecular complexity index is 483. The number of amides is 1. The summed E-state index contributed by atoms with van der Waals surface area (Å²) >= 11 is 0. The van der Waals surface area contributed by atoms with Crippen LogP contribution in [-0.4, -0.2) is 34.1 Å². The molecule has 0 saturated heterocycles. The quantitative estimate of drug-likeness (QED) is 0.593. The number of benzene rings is 1. The van der Waals surface area contributed by atoms with Crippen LogP contribution in [0.5, 0.6) is 0 Å². The van der Waals surface area contributed by atoms with Crippen molar-refractivity contribution in [3.8, 4) is 0 Å². The van der Waals surface area contributed by atoms with Crippen molar-refractivity contribution in [2.45, 2.75) is 18.9 Å². The first kappa shape index (κ1) is 14.7. The summed E-state index contributed by atoms with van der Waals surface area (Å²) in [5.41, 5.74) is 5.83. The molecule has 7 nitrogen and oxygen atoms in total. The number of aliphatic carboxylic acids is 1. The lowest BCUT2D eigenvalue weighted by Crippen LogP contribution is -2.31. The molecule has 1 amide bonds. The fourth-order valence-corrected chi connectivity index (χ4v) is 1.33. The van der Waals surface area contributed by atoms with Crippen molar-refractivity contribution in [1.82, 2.24) is 0 Å². The fourth-order valence-electron chi connectivity index (χ4n) is 1.33. The Labute approximate surface area is 109 Å². The number of aromatic carboxylic acids is 1. The number of nitrogens with two attached hydrogens (primary N) is 1. The molecule has 1 aromatic carbocycles. The Morgan fingerprint density at radius 2 is 1.74 bits per heavy atom. The summed E-state index contributed by atoms with van der Waals surface area (Å²) in [6, 6.07) is 4.57. The van der Waals surface area contributed by atoms with Crippen molar-refractivity contribution >= 4 is 23.5 Å². The van der Waals surface area contributed by atoms with Gasteiger partial charge in [0.25, 0.3) is 0 Å². The van der Waals surface area contributed by atoms with Crippen LogP contribution in [0.4, 0.5) is 5.69 Å². The zero-order valence-corrected chi connectivity index (χ0v) is 10.00. The maximum atomic E-state index is 11.5. The lowest BCUT2D eigenvalue weighted by Gasteiger charge is -2.07. The summed E-state index contributed by atoms with van der Waals surface area (Å²) < 4.78 is 0. The van der Waals surface area contributed by atoms with Gasteiger partial charge in [-0.05, 0) is 30.7 Å². The van der Waals surface area contributed by atoms with Gasteiger partial charge in [0.05, 0.1) is 5.56 Å². The van der Waals surface area contributed by atoms with E-state index in [4.69, 9.17) is 15.9 Å². The Morgan fingerprint density at radius 1 is 1.16 bits per heavy atom. The van der Waals surface area contributed by atoms with E-state index in [1.165, 1.54) is 24.3 Å². The van der Waals surface area contributed by atoms with Crippen molar-refractivity contribution in [2.24, 2.45) is 5.73 Å². The third-order valence-corrected chi connectivity index (χ3v) is 2.42. The molecule has 0 radical (unpaired) electrons. The van der Waals surface area contributed by atoms with E-state index in [2.05, 4.69) is 5.32 Å². The second kappa shape index (κ2) is 6.50. The zero-order chi connectivity index (χ0) is 14.4. The standard InChI is InChI=1S/C12H14N2O5/c13-9(12(18)19)5-6-10(15)14-8-3-1-7(2-4-8)11(16)17/h1-4,9H,5-6,13H2,(H,14,15)(H,16,17)(H,18,19). The van der Waals surface area contributed by atoms with E-state index in [0.717, 1.165) is 0 Å². The molecule has 0 aromatic heterocycles. The van der Waals surface area contributed by atoms with Gasteiger partial charge in [0.15, 0.2) is 0 Å². The predicted molar refractivity (Wildman–Crippen MR) is 66.9 cm³/mol. The van der Waals surface area contributed by atoms with E-state index < -0.39 is 18.0 Å². The molecule has 1 unspecified atom stereocenters. The van der Waals surface area contributed by atoms with Gasteiger partial charge >= 0.3 is 11.9 Å². The maximum Gasteiger partial charge on any atom is 0.335 e.